The average Bonchev–Trinajstić information content (AvgIpc) is 2.89. The maximum Gasteiger partial charge on any atom is 0.255 e. The van der Waals surface area contributed by atoms with E-state index in [0.29, 0.717) is 11.4 Å². The van der Waals surface area contributed by atoms with E-state index in [0.717, 1.165) is 0 Å². The van der Waals surface area contributed by atoms with Gasteiger partial charge in [-0.25, -0.2) is 9.97 Å². The topological polar surface area (TPSA) is 216 Å². The first-order valence-corrected chi connectivity index (χ1v) is 12.4. The van der Waals surface area contributed by atoms with E-state index in [1.807, 2.05) is 0 Å². The smallest absolute Gasteiger partial charge is 0.255 e. The van der Waals surface area contributed by atoms with E-state index in [9.17, 15) is 39.6 Å². The molecule has 0 unspecified atom stereocenters. The number of aliphatic hydroxyl groups is 3. The quantitative estimate of drug-likeness (QED) is 0.208. The Morgan fingerprint density at radius 1 is 1.18 bits per heavy atom. The number of carbonyl (C=O) groups excluding carboxylic acids is 4. The number of carbonyl (C=O) groups is 4. The van der Waals surface area contributed by atoms with E-state index in [1.165, 1.54) is 43.7 Å². The van der Waals surface area contributed by atoms with Crippen molar-refractivity contribution < 1.29 is 39.6 Å². The highest BCUT2D eigenvalue weighted by Crippen LogP contribution is 2.52. The lowest BCUT2D eigenvalue weighted by atomic mass is 9.57. The molecule has 1 heterocycles. The molecule has 1 amide bonds. The van der Waals surface area contributed by atoms with Gasteiger partial charge in [-0.05, 0) is 56.6 Å². The molecule has 1 aromatic carbocycles. The van der Waals surface area contributed by atoms with Crippen LogP contribution in [0.3, 0.4) is 0 Å². The Kier molecular flexibility index (Phi) is 6.43. The maximum atomic E-state index is 13.9. The first-order valence-electron chi connectivity index (χ1n) is 12.4. The number of primary amides is 1. The number of likely N-dealkylation sites (N-methyl/N-ethyl adjacent to an activating group) is 1. The van der Waals surface area contributed by atoms with Crippen molar-refractivity contribution in [2.45, 2.75) is 24.5 Å². The number of rotatable bonds is 6. The van der Waals surface area contributed by atoms with E-state index in [-0.39, 0.29) is 41.9 Å². The predicted octanol–water partition coefficient (Wildman–Crippen LogP) is 0.0488. The summed E-state index contributed by atoms with van der Waals surface area (Å²) in [6, 6.07) is 3.01. The van der Waals surface area contributed by atoms with Gasteiger partial charge in [-0.1, -0.05) is 0 Å². The molecule has 0 spiro atoms. The van der Waals surface area contributed by atoms with Crippen molar-refractivity contribution in [3.8, 4) is 5.75 Å². The number of phenolic OH excluding ortho intramolecular Hbond substituents is 1. The zero-order valence-corrected chi connectivity index (χ0v) is 21.6. The molecule has 7 N–H and O–H groups in total. The van der Waals surface area contributed by atoms with Gasteiger partial charge >= 0.3 is 0 Å². The Bertz CT molecular complexity index is 1530. The monoisotopic (exact) mass is 549 g/mol. The lowest BCUT2D eigenvalue weighted by molar-refractivity contribution is -0.153. The maximum absolute atomic E-state index is 13.9. The van der Waals surface area contributed by atoms with Crippen LogP contribution in [0.4, 0.5) is 5.82 Å². The molecule has 0 saturated heterocycles. The van der Waals surface area contributed by atoms with Gasteiger partial charge < -0.3 is 31.5 Å². The molecule has 0 radical (unpaired) electrons. The van der Waals surface area contributed by atoms with Gasteiger partial charge in [0, 0.05) is 23.3 Å². The lowest BCUT2D eigenvalue weighted by Gasteiger charge is -2.50. The normalized spacial score (nSPS) is 25.9. The molecule has 0 aliphatic heterocycles. The van der Waals surface area contributed by atoms with E-state index < -0.39 is 63.8 Å². The Morgan fingerprint density at radius 2 is 1.90 bits per heavy atom. The summed E-state index contributed by atoms with van der Waals surface area (Å²) in [5.74, 6) is -7.44. The summed E-state index contributed by atoms with van der Waals surface area (Å²) in [4.78, 5) is 61.6. The van der Waals surface area contributed by atoms with Gasteiger partial charge in [0.25, 0.3) is 5.91 Å². The zero-order valence-electron chi connectivity index (χ0n) is 21.6. The summed E-state index contributed by atoms with van der Waals surface area (Å²) < 4.78 is 0. The van der Waals surface area contributed by atoms with Crippen molar-refractivity contribution in [3.63, 3.8) is 0 Å². The van der Waals surface area contributed by atoms with Crippen molar-refractivity contribution in [3.05, 3.63) is 64.3 Å². The molecule has 2 aromatic rings. The number of ketones is 3. The number of anilines is 1. The molecule has 0 bridgehead atoms. The van der Waals surface area contributed by atoms with Crippen LogP contribution < -0.4 is 11.1 Å². The SMILES string of the molecule is CN(C)[C@H]1C(=O)C(C(N)=O)=C(O)[C@@]2(O)C(=O)C3=C(O)c4c(O)ccc(C(=O)CNc5ccncn5)c4C[C@H]3C[C@@H]12. The van der Waals surface area contributed by atoms with Gasteiger partial charge in [0.2, 0.25) is 5.78 Å². The molecule has 13 heteroatoms. The average molecular weight is 550 g/mol. The molecule has 1 aromatic heterocycles. The Balaban J connectivity index is 1.61. The van der Waals surface area contributed by atoms with Crippen molar-refractivity contribution in [1.82, 2.24) is 14.9 Å². The molecular weight excluding hydrogens is 522 g/mol. The molecule has 40 heavy (non-hydrogen) atoms. The fraction of sp³-hybridized carbons (Fsp3) is 0.333. The van der Waals surface area contributed by atoms with Crippen molar-refractivity contribution in [2.75, 3.05) is 26.0 Å². The highest BCUT2D eigenvalue weighted by atomic mass is 16.3. The number of amides is 1. The van der Waals surface area contributed by atoms with E-state index in [2.05, 4.69) is 15.3 Å². The number of aromatic hydroxyl groups is 1. The summed E-state index contributed by atoms with van der Waals surface area (Å²) in [5, 5.41) is 47.4. The summed E-state index contributed by atoms with van der Waals surface area (Å²) >= 11 is 0. The van der Waals surface area contributed by atoms with Crippen LogP contribution in [-0.4, -0.2) is 90.8 Å². The highest BCUT2D eigenvalue weighted by Gasteiger charge is 2.64. The highest BCUT2D eigenvalue weighted by molar-refractivity contribution is 6.24. The van der Waals surface area contributed by atoms with Crippen LogP contribution in [0.5, 0.6) is 5.75 Å². The number of fused-ring (bicyclic) bond motifs is 3. The number of aromatic nitrogens is 2. The zero-order chi connectivity index (χ0) is 29.1. The number of nitrogens with zero attached hydrogens (tertiary/aromatic N) is 3. The second-order valence-corrected chi connectivity index (χ2v) is 10.3. The predicted molar refractivity (Wildman–Crippen MR) is 139 cm³/mol. The molecular formula is C27H27N5O8. The number of aliphatic hydroxyl groups excluding tert-OH is 2. The fourth-order valence-electron chi connectivity index (χ4n) is 6.17. The van der Waals surface area contributed by atoms with Crippen LogP contribution in [0.25, 0.3) is 5.76 Å². The molecule has 3 aliphatic rings. The molecule has 4 atom stereocenters. The van der Waals surface area contributed by atoms with Crippen molar-refractivity contribution >= 4 is 34.8 Å². The number of hydrogen-bond donors (Lipinski definition) is 6. The van der Waals surface area contributed by atoms with Crippen molar-refractivity contribution in [1.29, 1.82) is 0 Å². The molecule has 5 rings (SSSR count). The van der Waals surface area contributed by atoms with Crippen molar-refractivity contribution in [2.24, 2.45) is 17.6 Å². The van der Waals surface area contributed by atoms with Gasteiger partial charge in [0.1, 0.15) is 35.0 Å². The number of phenols is 1. The summed E-state index contributed by atoms with van der Waals surface area (Å²) in [6.07, 6.45) is 2.76. The minimum Gasteiger partial charge on any atom is -0.508 e. The largest absolute Gasteiger partial charge is 0.508 e. The van der Waals surface area contributed by atoms with Gasteiger partial charge in [-0.15, -0.1) is 0 Å². The van der Waals surface area contributed by atoms with Crippen LogP contribution in [0.2, 0.25) is 0 Å². The van der Waals surface area contributed by atoms with Gasteiger partial charge in [-0.3, -0.25) is 24.1 Å². The van der Waals surface area contributed by atoms with E-state index in [1.54, 1.807) is 6.07 Å². The number of nitrogens with one attached hydrogen (secondary N) is 1. The second kappa shape index (κ2) is 9.54. The third-order valence-electron chi connectivity index (χ3n) is 7.92. The van der Waals surface area contributed by atoms with Gasteiger partial charge in [-0.2, -0.15) is 0 Å². The third-order valence-corrected chi connectivity index (χ3v) is 7.92. The number of benzene rings is 1. The fourth-order valence-corrected chi connectivity index (χ4v) is 6.17. The van der Waals surface area contributed by atoms with Crippen LogP contribution in [0.1, 0.15) is 27.9 Å². The van der Waals surface area contributed by atoms with Gasteiger partial charge in [0.15, 0.2) is 17.2 Å². The standard InChI is InChI=1S/C27H27N5O8/c1-32(2)21-14-8-11-7-13-12(16(34)9-30-17-5-6-29-10-31-17)3-4-15(33)19(13)22(35)18(11)24(37)27(14,40)25(38)20(23(21)36)26(28)39/h3-6,10-11,14,21,33,35,38,40H,7-9H2,1-2H3,(H2,28,39)(H,29,30,31)/t11-,14-,21+,27-/m0/s1. The summed E-state index contributed by atoms with van der Waals surface area (Å²) in [5.41, 5.74) is 1.77. The summed E-state index contributed by atoms with van der Waals surface area (Å²) in [7, 11) is 3.04. The summed E-state index contributed by atoms with van der Waals surface area (Å²) in [6.45, 7) is -0.163. The Labute approximate surface area is 227 Å². The molecule has 1 fully saturated rings. The molecule has 1 saturated carbocycles. The first kappa shape index (κ1) is 27.0. The molecule has 3 aliphatic carbocycles. The number of nitrogens with two attached hydrogens (primary N) is 1. The third kappa shape index (κ3) is 3.85. The minimum absolute atomic E-state index is 0.0114. The Hall–Kier alpha value is -4.62. The lowest BCUT2D eigenvalue weighted by Crippen LogP contribution is -2.65. The number of hydrogen-bond acceptors (Lipinski definition) is 12. The number of Topliss-reactive ketones (excluding diaryl/α,β-unsaturated/α-hetero) is 3. The van der Waals surface area contributed by atoms with Crippen LogP contribution in [0.15, 0.2) is 47.6 Å². The van der Waals surface area contributed by atoms with Crippen LogP contribution in [0, 0.1) is 11.8 Å². The second-order valence-electron chi connectivity index (χ2n) is 10.3. The van der Waals surface area contributed by atoms with E-state index >= 15 is 0 Å². The Morgan fingerprint density at radius 3 is 2.52 bits per heavy atom. The molecule has 208 valence electrons. The van der Waals surface area contributed by atoms with Crippen LogP contribution >= 0.6 is 0 Å². The van der Waals surface area contributed by atoms with E-state index in [4.69, 9.17) is 5.73 Å². The minimum atomic E-state index is -2.73. The van der Waals surface area contributed by atoms with Gasteiger partial charge in [0.05, 0.1) is 18.2 Å². The molecule has 13 nitrogen and oxygen atoms in total. The first-order chi connectivity index (χ1) is 18.9. The van der Waals surface area contributed by atoms with Crippen LogP contribution in [-0.2, 0) is 20.8 Å².